The van der Waals surface area contributed by atoms with E-state index in [2.05, 4.69) is 20.4 Å². The molecule has 3 aromatic rings. The Kier molecular flexibility index (Phi) is 5.34. The maximum absolute atomic E-state index is 13.6. The Bertz CT molecular complexity index is 1610. The van der Waals surface area contributed by atoms with Crippen LogP contribution in [0.25, 0.3) is 11.0 Å². The van der Waals surface area contributed by atoms with Crippen molar-refractivity contribution < 1.29 is 35.1 Å². The quantitative estimate of drug-likeness (QED) is 0.162. The summed E-state index contributed by atoms with van der Waals surface area (Å²) in [6.45, 7) is 3.02. The number of aliphatic hydroxyl groups excluding tert-OH is 1. The average molecular weight is 553 g/mol. The molecule has 8 N–H and O–H groups in total. The molecule has 3 amide bonds. The number of carbonyl (C=O) groups excluding carboxylic acids is 2. The number of amides is 3. The molecule has 0 saturated heterocycles. The van der Waals surface area contributed by atoms with Gasteiger partial charge < -0.3 is 41.5 Å². The fraction of sp³-hybridized carbons (Fsp3) is 0.400. The number of urea groups is 1. The first-order chi connectivity index (χ1) is 18.7. The van der Waals surface area contributed by atoms with Gasteiger partial charge in [0.15, 0.2) is 11.2 Å². The predicted molar refractivity (Wildman–Crippen MR) is 139 cm³/mol. The highest BCUT2D eigenvalue weighted by Gasteiger charge is 2.65. The van der Waals surface area contributed by atoms with Gasteiger partial charge in [-0.05, 0) is 49.3 Å². The maximum atomic E-state index is 13.6. The summed E-state index contributed by atoms with van der Waals surface area (Å²) in [5.74, 6) is -0.274. The molecule has 15 heteroatoms. The van der Waals surface area contributed by atoms with Crippen molar-refractivity contribution in [3.63, 3.8) is 0 Å². The summed E-state index contributed by atoms with van der Waals surface area (Å²) < 4.78 is 1.32. The maximum Gasteiger partial charge on any atom is 0.377 e. The zero-order valence-corrected chi connectivity index (χ0v) is 21.8. The van der Waals surface area contributed by atoms with E-state index in [1.807, 2.05) is 0 Å². The van der Waals surface area contributed by atoms with E-state index in [1.54, 1.807) is 12.1 Å². The highest BCUT2D eigenvalue weighted by molar-refractivity contribution is 5.95. The minimum Gasteiger partial charge on any atom is -0.387 e. The van der Waals surface area contributed by atoms with Gasteiger partial charge in [-0.1, -0.05) is 0 Å². The summed E-state index contributed by atoms with van der Waals surface area (Å²) in [5, 5.41) is 60.4. The highest BCUT2D eigenvalue weighted by atomic mass is 16.7. The zero-order chi connectivity index (χ0) is 28.9. The van der Waals surface area contributed by atoms with Gasteiger partial charge in [-0.25, -0.2) is 24.3 Å². The van der Waals surface area contributed by atoms with Crippen LogP contribution in [0, 0.1) is 0 Å². The van der Waals surface area contributed by atoms with Gasteiger partial charge in [-0.15, -0.1) is 0 Å². The van der Waals surface area contributed by atoms with E-state index in [1.165, 1.54) is 37.7 Å². The second-order valence-corrected chi connectivity index (χ2v) is 10.7. The second kappa shape index (κ2) is 8.18. The number of aromatic nitrogens is 4. The molecule has 0 radical (unpaired) electrons. The lowest BCUT2D eigenvalue weighted by atomic mass is 9.67. The number of fused-ring (bicyclic) bond motifs is 1. The van der Waals surface area contributed by atoms with Gasteiger partial charge in [0, 0.05) is 25.3 Å². The van der Waals surface area contributed by atoms with Crippen LogP contribution in [0.15, 0.2) is 41.6 Å². The molecule has 15 nitrogen and oxygen atoms in total. The van der Waals surface area contributed by atoms with E-state index < -0.39 is 41.3 Å². The Labute approximate surface area is 226 Å². The van der Waals surface area contributed by atoms with E-state index in [0.717, 1.165) is 11.1 Å². The number of aliphatic hydroxyl groups is 5. The van der Waals surface area contributed by atoms with Crippen LogP contribution in [-0.4, -0.2) is 86.9 Å². The molecule has 3 aliphatic heterocycles. The van der Waals surface area contributed by atoms with Crippen molar-refractivity contribution in [3.05, 3.63) is 47.3 Å². The van der Waals surface area contributed by atoms with Gasteiger partial charge in [0.05, 0.1) is 29.6 Å². The summed E-state index contributed by atoms with van der Waals surface area (Å²) in [7, 11) is 1.37. The number of pyridine rings is 2. The molecule has 0 spiro atoms. The fourth-order valence-electron chi connectivity index (χ4n) is 6.24. The highest BCUT2D eigenvalue weighted by Crippen LogP contribution is 2.58. The van der Waals surface area contributed by atoms with Gasteiger partial charge in [0.25, 0.3) is 0 Å². The lowest BCUT2D eigenvalue weighted by Gasteiger charge is -2.46. The number of rotatable bonds is 3. The van der Waals surface area contributed by atoms with Crippen LogP contribution in [0.4, 0.5) is 22.1 Å². The van der Waals surface area contributed by atoms with E-state index in [0.29, 0.717) is 15.9 Å². The van der Waals surface area contributed by atoms with Crippen LogP contribution in [0.2, 0.25) is 0 Å². The third-order valence-corrected chi connectivity index (χ3v) is 7.96. The average Bonchev–Trinajstić information content (AvgIpc) is 3.31. The molecule has 8 bridgehead atoms. The molecule has 4 atom stereocenters. The smallest absolute Gasteiger partial charge is 0.377 e. The van der Waals surface area contributed by atoms with Crippen molar-refractivity contribution >= 4 is 40.3 Å². The normalized spacial score (nSPS) is 26.9. The number of anilines is 3. The first kappa shape index (κ1) is 26.1. The summed E-state index contributed by atoms with van der Waals surface area (Å²) in [6.07, 6.45) is -3.55. The van der Waals surface area contributed by atoms with E-state index in [9.17, 15) is 35.1 Å². The number of hydrogen-bond acceptors (Lipinski definition) is 11. The molecule has 0 saturated carbocycles. The number of nitrogens with zero attached hydrogens (tertiary/aromatic N) is 6. The molecular formula is C25H28N8O7. The first-order valence-corrected chi connectivity index (χ1v) is 12.5. The number of primary amides is 1. The Morgan fingerprint density at radius 2 is 1.93 bits per heavy atom. The largest absolute Gasteiger partial charge is 0.387 e. The number of likely N-dealkylation sites (N-methyl/N-ethyl adjacent to an activating group) is 1. The van der Waals surface area contributed by atoms with Crippen LogP contribution in [-0.2, 0) is 10.3 Å². The predicted octanol–water partition coefficient (Wildman–Crippen LogP) is -0.513. The molecule has 5 aliphatic rings. The standard InChI is InChI=1S/C25H28N8O7/c1-11(34)18-13-5-7-17-28-16-6-4-12(10-27-16)32(25(38,39)40)22(36)31(3)15-9-23(2,37)19-14(15)8-24(19,21(26)35)33(30-18)20(13)29-17/h4-7,10-11,15,34,37-40H,8-9H2,1-3H3,(H2,26,35)(H,27,28,29). The summed E-state index contributed by atoms with van der Waals surface area (Å²) >= 11 is 0. The minimum absolute atomic E-state index is 0.0384. The molecule has 40 heavy (non-hydrogen) atoms. The number of carbonyl (C=O) groups is 2. The Morgan fingerprint density at radius 3 is 2.52 bits per heavy atom. The summed E-state index contributed by atoms with van der Waals surface area (Å²) in [5.41, 5.74) is 3.82. The van der Waals surface area contributed by atoms with Gasteiger partial charge in [-0.2, -0.15) is 5.10 Å². The molecule has 210 valence electrons. The molecule has 3 aromatic heterocycles. The van der Waals surface area contributed by atoms with Gasteiger partial charge >= 0.3 is 12.1 Å². The van der Waals surface area contributed by atoms with Crippen LogP contribution in [0.1, 0.15) is 38.5 Å². The van der Waals surface area contributed by atoms with Crippen LogP contribution in [0.5, 0.6) is 0 Å². The van der Waals surface area contributed by atoms with Gasteiger partial charge in [-0.3, -0.25) is 4.79 Å². The zero-order valence-electron chi connectivity index (χ0n) is 21.8. The van der Waals surface area contributed by atoms with Crippen LogP contribution < -0.4 is 16.0 Å². The Balaban J connectivity index is 1.65. The van der Waals surface area contributed by atoms with Crippen molar-refractivity contribution in [2.75, 3.05) is 17.3 Å². The van der Waals surface area contributed by atoms with Crippen LogP contribution >= 0.6 is 0 Å². The van der Waals surface area contributed by atoms with Crippen molar-refractivity contribution in [2.45, 2.75) is 56.1 Å². The molecule has 0 aromatic carbocycles. The van der Waals surface area contributed by atoms with E-state index >= 15 is 0 Å². The third kappa shape index (κ3) is 3.45. The van der Waals surface area contributed by atoms with E-state index in [-0.39, 0.29) is 47.1 Å². The minimum atomic E-state index is -3.59. The molecule has 8 rings (SSSR count). The topological polar surface area (TPSA) is 223 Å². The molecule has 0 fully saturated rings. The number of nitrogens with one attached hydrogen (secondary N) is 1. The van der Waals surface area contributed by atoms with Crippen molar-refractivity contribution in [1.29, 1.82) is 0 Å². The van der Waals surface area contributed by atoms with Crippen molar-refractivity contribution in [1.82, 2.24) is 24.6 Å². The molecule has 4 unspecified atom stereocenters. The van der Waals surface area contributed by atoms with Crippen molar-refractivity contribution in [3.8, 4) is 0 Å². The SMILES string of the molecule is CC(O)c1nn2c3nc(ccc13)Nc1ccc(cn1)N(C(O)(O)O)C(=O)N(C)C1CC(C)(O)C3=C1CC32C(N)=O. The van der Waals surface area contributed by atoms with Crippen molar-refractivity contribution in [2.24, 2.45) is 5.73 Å². The molecular weight excluding hydrogens is 524 g/mol. The van der Waals surface area contributed by atoms with E-state index in [4.69, 9.17) is 5.73 Å². The summed E-state index contributed by atoms with van der Waals surface area (Å²) in [4.78, 5) is 37.2. The monoisotopic (exact) mass is 552 g/mol. The van der Waals surface area contributed by atoms with Gasteiger partial charge in [0.2, 0.25) is 5.91 Å². The van der Waals surface area contributed by atoms with Gasteiger partial charge in [0.1, 0.15) is 17.3 Å². The molecule has 6 heterocycles. The summed E-state index contributed by atoms with van der Waals surface area (Å²) in [6, 6.07) is 4.25. The number of hydrogen-bond donors (Lipinski definition) is 7. The Morgan fingerprint density at radius 1 is 1.23 bits per heavy atom. The second-order valence-electron chi connectivity index (χ2n) is 10.7. The Hall–Kier alpha value is -4.15. The molecule has 2 aliphatic carbocycles. The third-order valence-electron chi connectivity index (χ3n) is 7.96. The fourth-order valence-corrected chi connectivity index (χ4v) is 6.24. The first-order valence-electron chi connectivity index (χ1n) is 12.5. The lowest BCUT2D eigenvalue weighted by Crippen LogP contribution is -2.59. The number of nitrogens with two attached hydrogens (primary N) is 1. The lowest BCUT2D eigenvalue weighted by molar-refractivity contribution is -0.304. The van der Waals surface area contributed by atoms with Crippen LogP contribution in [0.3, 0.4) is 0 Å².